The number of aliphatic hydroxyl groups excluding tert-OH is 1. The number of alkyl halides is 2. The molecule has 3 aromatic carbocycles. The summed E-state index contributed by atoms with van der Waals surface area (Å²) in [7, 11) is 0. The van der Waals surface area contributed by atoms with E-state index >= 15 is 8.78 Å². The first-order valence-corrected chi connectivity index (χ1v) is 15.9. The third-order valence-electron chi connectivity index (χ3n) is 7.67. The molecule has 0 radical (unpaired) electrons. The number of anilines is 1. The van der Waals surface area contributed by atoms with Gasteiger partial charge in [0.25, 0.3) is 11.5 Å². The monoisotopic (exact) mass is 694 g/mol. The highest BCUT2D eigenvalue weighted by atomic mass is 35.5. The van der Waals surface area contributed by atoms with Crippen LogP contribution in [0.2, 0.25) is 5.02 Å². The number of ether oxygens (including phenoxy) is 1. The van der Waals surface area contributed by atoms with Gasteiger partial charge >= 0.3 is 12.0 Å². The first-order valence-electron chi connectivity index (χ1n) is 15.5. The Bertz CT molecular complexity index is 1800. The predicted octanol–water partition coefficient (Wildman–Crippen LogP) is 5.48. The van der Waals surface area contributed by atoms with Gasteiger partial charge in [-0.05, 0) is 41.2 Å². The molecule has 258 valence electrons. The summed E-state index contributed by atoms with van der Waals surface area (Å²) in [6, 6.07) is 24.2. The van der Waals surface area contributed by atoms with Gasteiger partial charge in [0.1, 0.15) is 18.4 Å². The molecule has 5 N–H and O–H groups in total. The van der Waals surface area contributed by atoms with Gasteiger partial charge in [-0.1, -0.05) is 104 Å². The zero-order valence-corrected chi connectivity index (χ0v) is 27.6. The fourth-order valence-corrected chi connectivity index (χ4v) is 5.28. The molecule has 2 unspecified atom stereocenters. The average Bonchev–Trinajstić information content (AvgIpc) is 3.08. The highest BCUT2D eigenvalue weighted by Crippen LogP contribution is 2.28. The van der Waals surface area contributed by atoms with Gasteiger partial charge < -0.3 is 25.5 Å². The molecule has 0 spiro atoms. The average molecular weight is 695 g/mol. The van der Waals surface area contributed by atoms with Crippen molar-refractivity contribution in [3.05, 3.63) is 123 Å². The van der Waals surface area contributed by atoms with Crippen LogP contribution in [0.3, 0.4) is 0 Å². The normalized spacial score (nSPS) is 12.6. The Morgan fingerprint density at radius 3 is 2.18 bits per heavy atom. The Morgan fingerprint density at radius 2 is 1.55 bits per heavy atom. The molecule has 1 heterocycles. The Balaban J connectivity index is 1.52. The lowest BCUT2D eigenvalue weighted by Gasteiger charge is -2.32. The van der Waals surface area contributed by atoms with Crippen molar-refractivity contribution < 1.29 is 33.0 Å². The van der Waals surface area contributed by atoms with Crippen molar-refractivity contribution in [3.63, 3.8) is 0 Å². The molecule has 1 aromatic heterocycles. The van der Waals surface area contributed by atoms with E-state index in [0.29, 0.717) is 22.6 Å². The summed E-state index contributed by atoms with van der Waals surface area (Å²) in [5.74, 6) is -7.55. The van der Waals surface area contributed by atoms with E-state index in [1.807, 2.05) is 0 Å². The summed E-state index contributed by atoms with van der Waals surface area (Å²) in [5, 5.41) is 18.0. The molecule has 0 saturated heterocycles. The zero-order valence-electron chi connectivity index (χ0n) is 26.8. The zero-order chi connectivity index (χ0) is 35.6. The van der Waals surface area contributed by atoms with Crippen molar-refractivity contribution in [1.29, 1.82) is 0 Å². The lowest BCUT2D eigenvalue weighted by molar-refractivity contribution is -0.169. The fourth-order valence-electron chi connectivity index (χ4n) is 5.04. The van der Waals surface area contributed by atoms with Gasteiger partial charge in [-0.3, -0.25) is 19.7 Å². The smallest absolute Gasteiger partial charge is 0.412 e. The number of hydrogen-bond acceptors (Lipinski definition) is 6. The Labute approximate surface area is 286 Å². The van der Waals surface area contributed by atoms with Gasteiger partial charge in [0.15, 0.2) is 0 Å². The highest BCUT2D eigenvalue weighted by molar-refractivity contribution is 6.33. The van der Waals surface area contributed by atoms with Crippen LogP contribution in [0.25, 0.3) is 11.3 Å². The van der Waals surface area contributed by atoms with E-state index in [2.05, 4.69) is 20.9 Å². The Hall–Kier alpha value is -5.07. The number of benzene rings is 3. The number of hydrogen-bond donors (Lipinski definition) is 5. The highest BCUT2D eigenvalue weighted by Gasteiger charge is 2.51. The van der Waals surface area contributed by atoms with Crippen LogP contribution in [0, 0.1) is 5.92 Å². The largest absolute Gasteiger partial charge is 0.444 e. The number of carbonyl (C=O) groups is 3. The molecule has 0 saturated carbocycles. The third-order valence-corrected chi connectivity index (χ3v) is 8.00. The second-order valence-electron chi connectivity index (χ2n) is 11.7. The number of aromatic nitrogens is 1. The summed E-state index contributed by atoms with van der Waals surface area (Å²) in [6.45, 7) is 2.80. The molecule has 0 fully saturated rings. The summed E-state index contributed by atoms with van der Waals surface area (Å²) >= 11 is 6.34. The lowest BCUT2D eigenvalue weighted by atomic mass is 9.93. The van der Waals surface area contributed by atoms with Crippen molar-refractivity contribution in [2.24, 2.45) is 5.92 Å². The molecule has 10 nitrogen and oxygen atoms in total. The SMILES string of the molecule is CC(C)C(NC(=O)Cc1cc(-c2ccccc2Cl)[nH]c(=O)c1NC(=O)OCc1ccccc1)C(O)C(F)(F)C(=O)NCCc1ccccc1. The van der Waals surface area contributed by atoms with E-state index in [9.17, 15) is 24.3 Å². The maximum absolute atomic E-state index is 15.2. The summed E-state index contributed by atoms with van der Waals surface area (Å²) in [5.41, 5.74) is 1.09. The molecular formula is C36H37ClF2N4O6. The van der Waals surface area contributed by atoms with Crippen molar-refractivity contribution in [1.82, 2.24) is 15.6 Å². The van der Waals surface area contributed by atoms with Crippen LogP contribution >= 0.6 is 11.6 Å². The maximum atomic E-state index is 15.2. The molecule has 2 atom stereocenters. The number of halogens is 3. The summed E-state index contributed by atoms with van der Waals surface area (Å²) in [6.07, 6.45) is -3.85. The molecule has 4 rings (SSSR count). The summed E-state index contributed by atoms with van der Waals surface area (Å²) < 4.78 is 35.7. The van der Waals surface area contributed by atoms with E-state index in [1.54, 1.807) is 84.9 Å². The van der Waals surface area contributed by atoms with Gasteiger partial charge in [0, 0.05) is 17.1 Å². The number of carbonyl (C=O) groups excluding carboxylic acids is 3. The number of amides is 3. The predicted molar refractivity (Wildman–Crippen MR) is 182 cm³/mol. The van der Waals surface area contributed by atoms with Gasteiger partial charge in [0.05, 0.1) is 18.2 Å². The molecular weight excluding hydrogens is 658 g/mol. The number of aliphatic hydroxyl groups is 1. The van der Waals surface area contributed by atoms with Crippen LogP contribution < -0.4 is 21.5 Å². The van der Waals surface area contributed by atoms with E-state index in [0.717, 1.165) is 5.56 Å². The fraction of sp³-hybridized carbons (Fsp3) is 0.278. The molecule has 13 heteroatoms. The van der Waals surface area contributed by atoms with E-state index in [-0.39, 0.29) is 30.1 Å². The minimum Gasteiger partial charge on any atom is -0.444 e. The molecule has 0 aliphatic carbocycles. The number of aromatic amines is 1. The number of nitrogens with one attached hydrogen (secondary N) is 4. The van der Waals surface area contributed by atoms with Crippen molar-refractivity contribution in [2.45, 2.75) is 51.4 Å². The van der Waals surface area contributed by atoms with Crippen LogP contribution in [0.5, 0.6) is 0 Å². The molecule has 0 bridgehead atoms. The Morgan fingerprint density at radius 1 is 0.939 bits per heavy atom. The van der Waals surface area contributed by atoms with Gasteiger partial charge in [-0.25, -0.2) is 4.79 Å². The summed E-state index contributed by atoms with van der Waals surface area (Å²) in [4.78, 5) is 54.5. The first kappa shape index (κ1) is 36.8. The standard InChI is InChI=1S/C36H37ClF2N4O6/c1-22(2)30(32(45)36(38,39)34(47)40-18-17-23-11-5-3-6-12-23)42-29(44)20-25-19-28(26-15-9-10-16-27(26)37)41-33(46)31(25)43-35(48)49-21-24-13-7-4-8-14-24/h3-16,19,22,30,32,45H,17-18,20-21H2,1-2H3,(H,40,47)(H,41,46)(H,42,44)(H,43,48). The van der Waals surface area contributed by atoms with E-state index in [1.165, 1.54) is 19.9 Å². The van der Waals surface area contributed by atoms with Crippen LogP contribution in [-0.4, -0.2) is 52.6 Å². The minimum atomic E-state index is -4.25. The number of pyridine rings is 1. The molecule has 49 heavy (non-hydrogen) atoms. The van der Waals surface area contributed by atoms with Crippen molar-refractivity contribution in [3.8, 4) is 11.3 Å². The van der Waals surface area contributed by atoms with Crippen LogP contribution in [0.15, 0.2) is 95.8 Å². The van der Waals surface area contributed by atoms with E-state index in [4.69, 9.17) is 16.3 Å². The first-order chi connectivity index (χ1) is 23.4. The van der Waals surface area contributed by atoms with Gasteiger partial charge in [0.2, 0.25) is 5.91 Å². The van der Waals surface area contributed by atoms with E-state index < -0.39 is 53.9 Å². The van der Waals surface area contributed by atoms with Gasteiger partial charge in [-0.2, -0.15) is 8.78 Å². The van der Waals surface area contributed by atoms with Crippen LogP contribution in [0.1, 0.15) is 30.5 Å². The van der Waals surface area contributed by atoms with Crippen molar-refractivity contribution in [2.75, 3.05) is 11.9 Å². The number of rotatable bonds is 14. The molecule has 3 amide bonds. The topological polar surface area (TPSA) is 150 Å². The molecule has 0 aliphatic heterocycles. The Kier molecular flexibility index (Phi) is 12.6. The maximum Gasteiger partial charge on any atom is 0.412 e. The third kappa shape index (κ3) is 9.97. The number of H-pyrrole nitrogens is 1. The van der Waals surface area contributed by atoms with Crippen molar-refractivity contribution >= 4 is 35.2 Å². The second-order valence-corrected chi connectivity index (χ2v) is 12.1. The van der Waals surface area contributed by atoms with Crippen LogP contribution in [-0.2, 0) is 33.8 Å². The molecule has 0 aliphatic rings. The quantitative estimate of drug-likeness (QED) is 0.118. The van der Waals surface area contributed by atoms with Gasteiger partial charge in [-0.15, -0.1) is 0 Å². The molecule has 4 aromatic rings. The lowest BCUT2D eigenvalue weighted by Crippen LogP contribution is -2.59. The van der Waals surface area contributed by atoms with Crippen LogP contribution in [0.4, 0.5) is 19.3 Å². The second kappa shape index (κ2) is 16.8. The minimum absolute atomic E-state index is 0.00948.